The van der Waals surface area contributed by atoms with Gasteiger partial charge in [-0.15, -0.1) is 24.0 Å². The van der Waals surface area contributed by atoms with Gasteiger partial charge in [0.2, 0.25) is 0 Å². The van der Waals surface area contributed by atoms with Gasteiger partial charge in [-0.3, -0.25) is 9.58 Å². The highest BCUT2D eigenvalue weighted by atomic mass is 127. The number of hydrogen-bond donors (Lipinski definition) is 2. The van der Waals surface area contributed by atoms with Crippen molar-refractivity contribution in [3.05, 3.63) is 47.5 Å². The summed E-state index contributed by atoms with van der Waals surface area (Å²) in [5, 5.41) is 11.0. The van der Waals surface area contributed by atoms with Crippen LogP contribution in [0, 0.1) is 5.92 Å². The summed E-state index contributed by atoms with van der Waals surface area (Å²) in [6.45, 7) is 11.0. The molecule has 0 spiro atoms. The smallest absolute Gasteiger partial charge is 0.191 e. The van der Waals surface area contributed by atoms with Crippen LogP contribution in [0.5, 0.6) is 0 Å². The first-order valence-electron chi connectivity index (χ1n) is 10.2. The Hall–Kier alpha value is -1.68. The first-order valence-corrected chi connectivity index (χ1v) is 10.2. The number of hydrogen-bond acceptors (Lipinski definition) is 4. The van der Waals surface area contributed by atoms with Gasteiger partial charge < -0.3 is 10.6 Å². The van der Waals surface area contributed by atoms with E-state index in [1.165, 1.54) is 11.1 Å². The predicted molar refractivity (Wildman–Crippen MR) is 128 cm³/mol. The lowest BCUT2D eigenvalue weighted by molar-refractivity contribution is 0.140. The fourth-order valence-corrected chi connectivity index (χ4v) is 3.74. The maximum atomic E-state index is 4.68. The van der Waals surface area contributed by atoms with E-state index in [0.29, 0.717) is 18.5 Å². The maximum Gasteiger partial charge on any atom is 0.191 e. The molecule has 3 rings (SSSR count). The third-order valence-corrected chi connectivity index (χ3v) is 5.41. The quantitative estimate of drug-likeness (QED) is 0.340. The molecule has 1 atom stereocenters. The molecule has 2 heterocycles. The van der Waals surface area contributed by atoms with Gasteiger partial charge in [0.25, 0.3) is 0 Å². The molecule has 2 aromatic rings. The number of guanidine groups is 1. The summed E-state index contributed by atoms with van der Waals surface area (Å²) in [7, 11) is 1.89. The number of aryl methyl sites for hydroxylation is 1. The summed E-state index contributed by atoms with van der Waals surface area (Å²) in [6, 6.07) is 9.27. The van der Waals surface area contributed by atoms with Gasteiger partial charge in [0.05, 0.1) is 0 Å². The number of benzene rings is 1. The van der Waals surface area contributed by atoms with E-state index in [2.05, 4.69) is 75.6 Å². The van der Waals surface area contributed by atoms with Crippen molar-refractivity contribution in [3.63, 3.8) is 0 Å². The van der Waals surface area contributed by atoms with Gasteiger partial charge >= 0.3 is 0 Å². The number of fused-ring (bicyclic) bond motifs is 1. The molecule has 1 aromatic carbocycles. The van der Waals surface area contributed by atoms with Crippen molar-refractivity contribution in [3.8, 4) is 0 Å². The van der Waals surface area contributed by atoms with Crippen LogP contribution >= 0.6 is 24.0 Å². The zero-order chi connectivity index (χ0) is 19.9. The van der Waals surface area contributed by atoms with Crippen LogP contribution in [0.2, 0.25) is 0 Å². The molecule has 1 aliphatic heterocycles. The highest BCUT2D eigenvalue weighted by Gasteiger charge is 2.25. The van der Waals surface area contributed by atoms with Crippen molar-refractivity contribution >= 4 is 29.9 Å². The van der Waals surface area contributed by atoms with Crippen LogP contribution in [-0.2, 0) is 26.6 Å². The Bertz CT molecular complexity index is 787. The third-order valence-electron chi connectivity index (χ3n) is 5.41. The van der Waals surface area contributed by atoms with Crippen molar-refractivity contribution in [1.82, 2.24) is 30.3 Å². The minimum Gasteiger partial charge on any atom is -0.357 e. The van der Waals surface area contributed by atoms with Crippen molar-refractivity contribution in [2.24, 2.45) is 18.0 Å². The topological polar surface area (TPSA) is 70.4 Å². The number of halogens is 1. The monoisotopic (exact) mass is 511 g/mol. The van der Waals surface area contributed by atoms with Crippen molar-refractivity contribution < 1.29 is 0 Å². The van der Waals surface area contributed by atoms with Crippen molar-refractivity contribution in [1.29, 1.82) is 0 Å². The van der Waals surface area contributed by atoms with E-state index in [1.54, 1.807) is 11.0 Å². The van der Waals surface area contributed by atoms with Gasteiger partial charge in [-0.2, -0.15) is 5.10 Å². The summed E-state index contributed by atoms with van der Waals surface area (Å²) >= 11 is 0. The fourth-order valence-electron chi connectivity index (χ4n) is 3.74. The number of aromatic nitrogens is 3. The van der Waals surface area contributed by atoms with Crippen molar-refractivity contribution in [2.45, 2.75) is 46.3 Å². The highest BCUT2D eigenvalue weighted by molar-refractivity contribution is 14.0. The second-order valence-electron chi connectivity index (χ2n) is 7.68. The lowest BCUT2D eigenvalue weighted by Crippen LogP contribution is -2.50. The molecule has 0 saturated heterocycles. The number of nitrogens with one attached hydrogen (secondary N) is 2. The molecule has 8 heteroatoms. The molecule has 160 valence electrons. The summed E-state index contributed by atoms with van der Waals surface area (Å²) in [5.74, 6) is 2.23. The number of aliphatic imine (C=N–C) groups is 1. The molecular weight excluding hydrogens is 477 g/mol. The highest BCUT2D eigenvalue weighted by Crippen LogP contribution is 2.22. The maximum absolute atomic E-state index is 4.68. The summed E-state index contributed by atoms with van der Waals surface area (Å²) in [4.78, 5) is 11.5. The largest absolute Gasteiger partial charge is 0.357 e. The van der Waals surface area contributed by atoms with E-state index in [-0.39, 0.29) is 24.0 Å². The zero-order valence-corrected chi connectivity index (χ0v) is 20.3. The molecule has 0 bridgehead atoms. The zero-order valence-electron chi connectivity index (χ0n) is 17.9. The Kier molecular flexibility index (Phi) is 9.35. The molecule has 1 aromatic heterocycles. The Morgan fingerprint density at radius 3 is 2.62 bits per heavy atom. The summed E-state index contributed by atoms with van der Waals surface area (Å²) in [6.07, 6.45) is 2.69. The number of rotatable bonds is 7. The van der Waals surface area contributed by atoms with Crippen LogP contribution < -0.4 is 10.6 Å². The molecule has 0 radical (unpaired) electrons. The van der Waals surface area contributed by atoms with Gasteiger partial charge in [0.15, 0.2) is 5.96 Å². The number of nitrogens with zero attached hydrogens (tertiary/aromatic N) is 5. The molecule has 1 unspecified atom stereocenters. The van der Waals surface area contributed by atoms with Gasteiger partial charge in [-0.1, -0.05) is 38.1 Å². The Labute approximate surface area is 191 Å². The predicted octanol–water partition coefficient (Wildman–Crippen LogP) is 2.57. The van der Waals surface area contributed by atoms with E-state index in [4.69, 9.17) is 0 Å². The van der Waals surface area contributed by atoms with E-state index < -0.39 is 0 Å². The second-order valence-corrected chi connectivity index (χ2v) is 7.68. The molecule has 1 aliphatic rings. The summed E-state index contributed by atoms with van der Waals surface area (Å²) in [5.41, 5.74) is 2.95. The lowest BCUT2D eigenvalue weighted by atomic mass is 9.95. The molecule has 0 amide bonds. The van der Waals surface area contributed by atoms with Crippen LogP contribution in [-0.4, -0.2) is 51.3 Å². The first kappa shape index (κ1) is 23.6. The molecule has 29 heavy (non-hydrogen) atoms. The SMILES string of the molecule is CCNC(=NCc1ncnn1C)NCC(C(C)C)N1CCc2ccccc2C1.I. The molecule has 2 N–H and O–H groups in total. The summed E-state index contributed by atoms with van der Waals surface area (Å²) < 4.78 is 1.76. The average molecular weight is 511 g/mol. The normalized spacial score (nSPS) is 15.6. The van der Waals surface area contributed by atoms with E-state index >= 15 is 0 Å². The average Bonchev–Trinajstić information content (AvgIpc) is 3.10. The molecule has 0 saturated carbocycles. The molecule has 0 aliphatic carbocycles. The third kappa shape index (κ3) is 6.40. The van der Waals surface area contributed by atoms with Crippen LogP contribution in [0.25, 0.3) is 0 Å². The van der Waals surface area contributed by atoms with Crippen LogP contribution in [0.3, 0.4) is 0 Å². The van der Waals surface area contributed by atoms with E-state index in [0.717, 1.165) is 44.4 Å². The van der Waals surface area contributed by atoms with Gasteiger partial charge in [-0.05, 0) is 30.4 Å². The minimum absolute atomic E-state index is 0. The van der Waals surface area contributed by atoms with Gasteiger partial charge in [-0.25, -0.2) is 9.98 Å². The first-order chi connectivity index (χ1) is 13.6. The molecular formula is C21H34IN7. The molecule has 7 nitrogen and oxygen atoms in total. The second kappa shape index (κ2) is 11.5. The minimum atomic E-state index is 0. The van der Waals surface area contributed by atoms with Crippen LogP contribution in [0.15, 0.2) is 35.6 Å². The van der Waals surface area contributed by atoms with Gasteiger partial charge in [0.1, 0.15) is 18.7 Å². The Morgan fingerprint density at radius 2 is 1.97 bits per heavy atom. The lowest BCUT2D eigenvalue weighted by Gasteiger charge is -2.38. The van der Waals surface area contributed by atoms with Crippen LogP contribution in [0.4, 0.5) is 0 Å². The fraction of sp³-hybridized carbons (Fsp3) is 0.571. The Morgan fingerprint density at radius 1 is 1.21 bits per heavy atom. The van der Waals surface area contributed by atoms with Gasteiger partial charge in [0, 0.05) is 39.3 Å². The van der Waals surface area contributed by atoms with E-state index in [1.807, 2.05) is 7.05 Å². The van der Waals surface area contributed by atoms with Crippen molar-refractivity contribution in [2.75, 3.05) is 19.6 Å². The van der Waals surface area contributed by atoms with Crippen LogP contribution in [0.1, 0.15) is 37.7 Å². The van der Waals surface area contributed by atoms with E-state index in [9.17, 15) is 0 Å². The molecule has 0 fully saturated rings. The standard InChI is InChI=1S/C21H33N7.HI/c1-5-22-21(24-13-20-25-15-26-27(20)4)23-12-19(16(2)3)28-11-10-17-8-6-7-9-18(17)14-28;/h6-9,15-16,19H,5,10-14H2,1-4H3,(H2,22,23,24);1H. The Balaban J connectivity index is 0.00000300.